The number of fused-ring (bicyclic) bond motifs is 1. The van der Waals surface area contributed by atoms with Gasteiger partial charge in [-0.3, -0.25) is 0 Å². The van der Waals surface area contributed by atoms with E-state index < -0.39 is 0 Å². The quantitative estimate of drug-likeness (QED) is 0.859. The topological polar surface area (TPSA) is 41.4 Å². The van der Waals surface area contributed by atoms with Crippen LogP contribution in [-0.4, -0.2) is 28.0 Å². The SMILES string of the molecule is Cc1cccn2cc(CNC3(C)CCNC3)nc12. The predicted octanol–water partition coefficient (Wildman–Crippen LogP) is 1.48. The Balaban J connectivity index is 1.77. The van der Waals surface area contributed by atoms with E-state index in [9.17, 15) is 0 Å². The van der Waals surface area contributed by atoms with E-state index >= 15 is 0 Å². The van der Waals surface area contributed by atoms with Gasteiger partial charge in [0, 0.05) is 31.0 Å². The summed E-state index contributed by atoms with van der Waals surface area (Å²) >= 11 is 0. The fourth-order valence-electron chi connectivity index (χ4n) is 2.56. The number of nitrogens with one attached hydrogen (secondary N) is 2. The first-order valence-electron chi connectivity index (χ1n) is 6.55. The van der Waals surface area contributed by atoms with Crippen LogP contribution < -0.4 is 10.6 Å². The van der Waals surface area contributed by atoms with Gasteiger partial charge >= 0.3 is 0 Å². The van der Waals surface area contributed by atoms with E-state index in [1.165, 1.54) is 12.0 Å². The maximum Gasteiger partial charge on any atom is 0.139 e. The predicted molar refractivity (Wildman–Crippen MR) is 72.7 cm³/mol. The van der Waals surface area contributed by atoms with Crippen molar-refractivity contribution in [3.8, 4) is 0 Å². The van der Waals surface area contributed by atoms with Gasteiger partial charge in [-0.25, -0.2) is 4.98 Å². The highest BCUT2D eigenvalue weighted by atomic mass is 15.1. The zero-order valence-corrected chi connectivity index (χ0v) is 11.0. The minimum Gasteiger partial charge on any atom is -0.315 e. The van der Waals surface area contributed by atoms with Crippen molar-refractivity contribution in [2.24, 2.45) is 0 Å². The van der Waals surface area contributed by atoms with E-state index in [1.807, 2.05) is 0 Å². The Kier molecular flexibility index (Phi) is 2.84. The van der Waals surface area contributed by atoms with Crippen LogP contribution in [0.3, 0.4) is 0 Å². The first-order chi connectivity index (χ1) is 8.66. The average Bonchev–Trinajstić information content (AvgIpc) is 2.94. The van der Waals surface area contributed by atoms with Crippen LogP contribution in [0, 0.1) is 6.92 Å². The summed E-state index contributed by atoms with van der Waals surface area (Å²) in [6.45, 7) is 7.35. The number of hydrogen-bond donors (Lipinski definition) is 2. The van der Waals surface area contributed by atoms with Gasteiger partial charge in [0.2, 0.25) is 0 Å². The van der Waals surface area contributed by atoms with Crippen LogP contribution in [0.25, 0.3) is 5.65 Å². The molecule has 3 rings (SSSR count). The minimum atomic E-state index is 0.213. The lowest BCUT2D eigenvalue weighted by Crippen LogP contribution is -2.43. The molecule has 18 heavy (non-hydrogen) atoms. The van der Waals surface area contributed by atoms with Gasteiger partial charge in [0.15, 0.2) is 0 Å². The summed E-state index contributed by atoms with van der Waals surface area (Å²) < 4.78 is 2.10. The maximum atomic E-state index is 4.68. The molecule has 0 bridgehead atoms. The van der Waals surface area contributed by atoms with Crippen LogP contribution in [0.15, 0.2) is 24.5 Å². The molecule has 1 atom stereocenters. The van der Waals surface area contributed by atoms with E-state index in [0.717, 1.165) is 31.0 Å². The van der Waals surface area contributed by atoms with Crippen molar-refractivity contribution < 1.29 is 0 Å². The molecule has 0 amide bonds. The first-order valence-corrected chi connectivity index (χ1v) is 6.55. The Hall–Kier alpha value is -1.39. The Labute approximate surface area is 107 Å². The molecule has 1 fully saturated rings. The number of aromatic nitrogens is 2. The molecule has 3 heterocycles. The fraction of sp³-hybridized carbons (Fsp3) is 0.500. The Morgan fingerprint density at radius 3 is 3.17 bits per heavy atom. The molecule has 1 saturated heterocycles. The molecule has 0 aliphatic carbocycles. The van der Waals surface area contributed by atoms with Crippen LogP contribution >= 0.6 is 0 Å². The van der Waals surface area contributed by atoms with Gasteiger partial charge in [-0.05, 0) is 38.4 Å². The van der Waals surface area contributed by atoms with Crippen LogP contribution in [0.2, 0.25) is 0 Å². The molecule has 2 aromatic rings. The van der Waals surface area contributed by atoms with Crippen LogP contribution in [-0.2, 0) is 6.54 Å². The largest absolute Gasteiger partial charge is 0.315 e. The maximum absolute atomic E-state index is 4.68. The van der Waals surface area contributed by atoms with Gasteiger partial charge in [0.1, 0.15) is 5.65 Å². The fourth-order valence-corrected chi connectivity index (χ4v) is 2.56. The monoisotopic (exact) mass is 244 g/mol. The average molecular weight is 244 g/mol. The molecular weight excluding hydrogens is 224 g/mol. The van der Waals surface area contributed by atoms with Gasteiger partial charge < -0.3 is 15.0 Å². The molecule has 1 unspecified atom stereocenters. The van der Waals surface area contributed by atoms with Crippen molar-refractivity contribution in [3.63, 3.8) is 0 Å². The Morgan fingerprint density at radius 2 is 2.44 bits per heavy atom. The van der Waals surface area contributed by atoms with Gasteiger partial charge in [0.25, 0.3) is 0 Å². The highest BCUT2D eigenvalue weighted by Gasteiger charge is 2.27. The Morgan fingerprint density at radius 1 is 1.56 bits per heavy atom. The molecule has 2 N–H and O–H groups in total. The van der Waals surface area contributed by atoms with Gasteiger partial charge in [0.05, 0.1) is 5.69 Å². The normalized spacial score (nSPS) is 23.9. The molecule has 4 heteroatoms. The standard InChI is InChI=1S/C14H20N4/c1-11-4-3-7-18-9-12(17-13(11)18)8-16-14(2)5-6-15-10-14/h3-4,7,9,15-16H,5-6,8,10H2,1-2H3. The minimum absolute atomic E-state index is 0.213. The number of rotatable bonds is 3. The van der Waals surface area contributed by atoms with Crippen LogP contribution in [0.1, 0.15) is 24.6 Å². The summed E-state index contributed by atoms with van der Waals surface area (Å²) in [5.74, 6) is 0. The second kappa shape index (κ2) is 4.37. The number of nitrogens with zero attached hydrogens (tertiary/aromatic N) is 2. The van der Waals surface area contributed by atoms with Crippen molar-refractivity contribution in [1.29, 1.82) is 0 Å². The number of hydrogen-bond acceptors (Lipinski definition) is 3. The molecule has 0 spiro atoms. The van der Waals surface area contributed by atoms with E-state index in [-0.39, 0.29) is 5.54 Å². The number of imidazole rings is 1. The van der Waals surface area contributed by atoms with Crippen LogP contribution in [0.4, 0.5) is 0 Å². The summed E-state index contributed by atoms with van der Waals surface area (Å²) in [6.07, 6.45) is 5.35. The molecule has 4 nitrogen and oxygen atoms in total. The summed E-state index contributed by atoms with van der Waals surface area (Å²) in [7, 11) is 0. The third-order valence-corrected chi connectivity index (χ3v) is 3.79. The molecular formula is C14H20N4. The van der Waals surface area contributed by atoms with E-state index in [0.29, 0.717) is 0 Å². The molecule has 1 aliphatic rings. The van der Waals surface area contributed by atoms with E-state index in [4.69, 9.17) is 0 Å². The van der Waals surface area contributed by atoms with E-state index in [2.05, 4.69) is 58.4 Å². The van der Waals surface area contributed by atoms with Gasteiger partial charge in [-0.15, -0.1) is 0 Å². The van der Waals surface area contributed by atoms with Crippen molar-refractivity contribution in [2.45, 2.75) is 32.4 Å². The molecule has 0 saturated carbocycles. The number of pyridine rings is 1. The molecule has 96 valence electrons. The van der Waals surface area contributed by atoms with Crippen molar-refractivity contribution >= 4 is 5.65 Å². The van der Waals surface area contributed by atoms with Crippen molar-refractivity contribution in [3.05, 3.63) is 35.8 Å². The van der Waals surface area contributed by atoms with Crippen molar-refractivity contribution in [1.82, 2.24) is 20.0 Å². The number of aryl methyl sites for hydroxylation is 1. The third kappa shape index (κ3) is 2.13. The lowest BCUT2D eigenvalue weighted by Gasteiger charge is -2.23. The summed E-state index contributed by atoms with van der Waals surface area (Å²) in [4.78, 5) is 4.68. The highest BCUT2D eigenvalue weighted by molar-refractivity contribution is 5.47. The molecule has 0 aromatic carbocycles. The summed E-state index contributed by atoms with van der Waals surface area (Å²) in [5, 5.41) is 7.01. The summed E-state index contributed by atoms with van der Waals surface area (Å²) in [5.41, 5.74) is 3.60. The van der Waals surface area contributed by atoms with Gasteiger partial charge in [-0.1, -0.05) is 6.07 Å². The lowest BCUT2D eigenvalue weighted by atomic mass is 10.0. The third-order valence-electron chi connectivity index (χ3n) is 3.79. The highest BCUT2D eigenvalue weighted by Crippen LogP contribution is 2.15. The zero-order valence-electron chi connectivity index (χ0n) is 11.0. The molecule has 0 radical (unpaired) electrons. The van der Waals surface area contributed by atoms with Gasteiger partial charge in [-0.2, -0.15) is 0 Å². The molecule has 1 aliphatic heterocycles. The van der Waals surface area contributed by atoms with Crippen molar-refractivity contribution in [2.75, 3.05) is 13.1 Å². The molecule has 2 aromatic heterocycles. The lowest BCUT2D eigenvalue weighted by molar-refractivity contribution is 0.384. The second-order valence-corrected chi connectivity index (χ2v) is 5.50. The second-order valence-electron chi connectivity index (χ2n) is 5.50. The smallest absolute Gasteiger partial charge is 0.139 e. The zero-order chi connectivity index (χ0) is 12.6. The van der Waals surface area contributed by atoms with Crippen LogP contribution in [0.5, 0.6) is 0 Å². The van der Waals surface area contributed by atoms with E-state index in [1.54, 1.807) is 0 Å². The Bertz CT molecular complexity index is 552. The summed E-state index contributed by atoms with van der Waals surface area (Å²) in [6, 6.07) is 4.16. The first kappa shape index (κ1) is 11.7.